The van der Waals surface area contributed by atoms with Gasteiger partial charge in [-0.1, -0.05) is 18.2 Å². The van der Waals surface area contributed by atoms with Crippen LogP contribution in [0.15, 0.2) is 30.5 Å². The number of hydrogen-bond acceptors (Lipinski definition) is 2. The zero-order valence-electron chi connectivity index (χ0n) is 12.3. The number of hydrogen-bond donors (Lipinski definition) is 3. The zero-order valence-corrected chi connectivity index (χ0v) is 12.3. The minimum atomic E-state index is -4.50. The van der Waals surface area contributed by atoms with Crippen LogP contribution in [-0.4, -0.2) is 35.6 Å². The van der Waals surface area contributed by atoms with Crippen molar-refractivity contribution in [3.8, 4) is 0 Å². The van der Waals surface area contributed by atoms with Crippen LogP contribution in [0.1, 0.15) is 12.5 Å². The van der Waals surface area contributed by atoms with Gasteiger partial charge in [-0.05, 0) is 11.6 Å². The number of amides is 2. The first-order chi connectivity index (χ1) is 10.8. The minimum Gasteiger partial charge on any atom is -0.361 e. The number of halogens is 3. The summed E-state index contributed by atoms with van der Waals surface area (Å²) in [5.74, 6) is -1.36. The number of para-hydroxylation sites is 1. The summed E-state index contributed by atoms with van der Waals surface area (Å²) in [6.07, 6.45) is -2.74. The lowest BCUT2D eigenvalue weighted by molar-refractivity contribution is -0.140. The average molecular weight is 327 g/mol. The van der Waals surface area contributed by atoms with Crippen molar-refractivity contribution in [2.45, 2.75) is 25.6 Å². The third-order valence-electron chi connectivity index (χ3n) is 3.26. The van der Waals surface area contributed by atoms with Crippen LogP contribution < -0.4 is 10.6 Å². The van der Waals surface area contributed by atoms with Gasteiger partial charge in [0.2, 0.25) is 11.8 Å². The summed E-state index contributed by atoms with van der Waals surface area (Å²) >= 11 is 0. The molecular formula is C15H16F3N3O2. The van der Waals surface area contributed by atoms with Gasteiger partial charge in [0.25, 0.3) is 0 Å². The third kappa shape index (κ3) is 4.73. The minimum absolute atomic E-state index is 0.0906. The highest BCUT2D eigenvalue weighted by atomic mass is 19.4. The molecule has 1 heterocycles. The van der Waals surface area contributed by atoms with Crippen molar-refractivity contribution >= 4 is 22.7 Å². The number of nitrogens with one attached hydrogen (secondary N) is 3. The van der Waals surface area contributed by atoms with Gasteiger partial charge in [-0.25, -0.2) is 0 Å². The van der Waals surface area contributed by atoms with E-state index in [2.05, 4.69) is 10.3 Å². The molecule has 0 aliphatic carbocycles. The molecule has 0 spiro atoms. The van der Waals surface area contributed by atoms with E-state index in [0.717, 1.165) is 16.5 Å². The van der Waals surface area contributed by atoms with E-state index in [9.17, 15) is 22.8 Å². The van der Waals surface area contributed by atoms with E-state index >= 15 is 0 Å². The summed E-state index contributed by atoms with van der Waals surface area (Å²) in [4.78, 5) is 26.2. The number of H-pyrrole nitrogens is 1. The number of carbonyl (C=O) groups is 2. The van der Waals surface area contributed by atoms with Crippen molar-refractivity contribution < 1.29 is 22.8 Å². The van der Waals surface area contributed by atoms with Gasteiger partial charge in [0, 0.05) is 30.4 Å². The molecule has 5 nitrogen and oxygen atoms in total. The van der Waals surface area contributed by atoms with Gasteiger partial charge < -0.3 is 15.6 Å². The lowest BCUT2D eigenvalue weighted by Crippen LogP contribution is -2.49. The Morgan fingerprint density at radius 2 is 1.96 bits per heavy atom. The molecule has 0 bridgehead atoms. The number of rotatable bonds is 5. The molecule has 2 rings (SSSR count). The molecule has 0 fully saturated rings. The van der Waals surface area contributed by atoms with E-state index in [1.54, 1.807) is 11.5 Å². The zero-order chi connectivity index (χ0) is 17.0. The Balaban J connectivity index is 2.15. The second-order valence-corrected chi connectivity index (χ2v) is 5.15. The van der Waals surface area contributed by atoms with Crippen LogP contribution in [0.5, 0.6) is 0 Å². The Hall–Kier alpha value is -2.51. The molecular weight excluding hydrogens is 311 g/mol. The molecule has 1 unspecified atom stereocenters. The second kappa shape index (κ2) is 6.72. The number of fused-ring (bicyclic) bond motifs is 1. The first kappa shape index (κ1) is 16.9. The number of aromatic amines is 1. The Morgan fingerprint density at radius 1 is 1.26 bits per heavy atom. The van der Waals surface area contributed by atoms with Crippen LogP contribution in [0, 0.1) is 0 Å². The molecule has 0 aliphatic rings. The molecule has 3 N–H and O–H groups in total. The summed E-state index contributed by atoms with van der Waals surface area (Å²) in [6.45, 7) is -0.227. The number of carbonyl (C=O) groups excluding carboxylic acids is 2. The van der Waals surface area contributed by atoms with Gasteiger partial charge >= 0.3 is 6.18 Å². The number of alkyl halides is 3. The van der Waals surface area contributed by atoms with E-state index in [4.69, 9.17) is 0 Å². The van der Waals surface area contributed by atoms with Crippen molar-refractivity contribution in [2.75, 3.05) is 6.54 Å². The second-order valence-electron chi connectivity index (χ2n) is 5.15. The van der Waals surface area contributed by atoms with E-state index in [0.29, 0.717) is 0 Å². The number of benzene rings is 1. The molecule has 1 aromatic heterocycles. The van der Waals surface area contributed by atoms with Crippen LogP contribution in [0.2, 0.25) is 0 Å². The molecule has 2 aromatic rings. The Morgan fingerprint density at radius 3 is 2.61 bits per heavy atom. The topological polar surface area (TPSA) is 74.0 Å². The molecule has 0 aliphatic heterocycles. The first-order valence-corrected chi connectivity index (χ1v) is 6.93. The van der Waals surface area contributed by atoms with Crippen molar-refractivity contribution in [3.63, 3.8) is 0 Å². The van der Waals surface area contributed by atoms with E-state index in [-0.39, 0.29) is 6.42 Å². The van der Waals surface area contributed by atoms with Crippen LogP contribution in [0.25, 0.3) is 10.9 Å². The van der Waals surface area contributed by atoms with Crippen LogP contribution >= 0.6 is 0 Å². The van der Waals surface area contributed by atoms with Crippen LogP contribution in [0.4, 0.5) is 13.2 Å². The molecule has 2 amide bonds. The fraction of sp³-hybridized carbons (Fsp3) is 0.333. The molecule has 8 heteroatoms. The lowest BCUT2D eigenvalue weighted by atomic mass is 10.0. The summed E-state index contributed by atoms with van der Waals surface area (Å²) < 4.78 is 36.7. The summed E-state index contributed by atoms with van der Waals surface area (Å²) in [5, 5.41) is 5.04. The monoisotopic (exact) mass is 327 g/mol. The largest absolute Gasteiger partial charge is 0.405 e. The molecule has 0 radical (unpaired) electrons. The Labute approximate surface area is 130 Å². The summed E-state index contributed by atoms with van der Waals surface area (Å²) in [6, 6.07) is 6.25. The molecule has 23 heavy (non-hydrogen) atoms. The maximum atomic E-state index is 12.2. The normalized spacial score (nSPS) is 12.9. The highest BCUT2D eigenvalue weighted by Crippen LogP contribution is 2.19. The van der Waals surface area contributed by atoms with E-state index in [1.807, 2.05) is 24.3 Å². The van der Waals surface area contributed by atoms with Crippen LogP contribution in [-0.2, 0) is 16.0 Å². The van der Waals surface area contributed by atoms with Gasteiger partial charge in [-0.15, -0.1) is 0 Å². The smallest absolute Gasteiger partial charge is 0.361 e. The van der Waals surface area contributed by atoms with Crippen molar-refractivity contribution in [1.82, 2.24) is 15.6 Å². The van der Waals surface area contributed by atoms with Gasteiger partial charge in [0.15, 0.2) is 0 Å². The fourth-order valence-corrected chi connectivity index (χ4v) is 2.29. The summed E-state index contributed by atoms with van der Waals surface area (Å²) in [7, 11) is 0. The highest BCUT2D eigenvalue weighted by Gasteiger charge is 2.30. The molecule has 1 aromatic carbocycles. The highest BCUT2D eigenvalue weighted by molar-refractivity contribution is 5.89. The Bertz CT molecular complexity index is 709. The average Bonchev–Trinajstić information content (AvgIpc) is 2.86. The first-order valence-electron chi connectivity index (χ1n) is 6.93. The quantitative estimate of drug-likeness (QED) is 0.785. The van der Waals surface area contributed by atoms with Gasteiger partial charge in [0.1, 0.15) is 12.6 Å². The van der Waals surface area contributed by atoms with Gasteiger partial charge in [0.05, 0.1) is 0 Å². The fourth-order valence-electron chi connectivity index (χ4n) is 2.29. The van der Waals surface area contributed by atoms with E-state index < -0.39 is 30.6 Å². The lowest BCUT2D eigenvalue weighted by Gasteiger charge is -2.18. The molecule has 0 saturated carbocycles. The maximum Gasteiger partial charge on any atom is 0.405 e. The van der Waals surface area contributed by atoms with Crippen LogP contribution in [0.3, 0.4) is 0 Å². The van der Waals surface area contributed by atoms with Crippen molar-refractivity contribution in [3.05, 3.63) is 36.0 Å². The van der Waals surface area contributed by atoms with Gasteiger partial charge in [-0.2, -0.15) is 13.2 Å². The molecule has 124 valence electrons. The van der Waals surface area contributed by atoms with Crippen molar-refractivity contribution in [1.29, 1.82) is 0 Å². The molecule has 0 saturated heterocycles. The maximum absolute atomic E-state index is 12.2. The van der Waals surface area contributed by atoms with Gasteiger partial charge in [-0.3, -0.25) is 9.59 Å². The molecule has 1 atom stereocenters. The Kier molecular flexibility index (Phi) is 4.92. The standard InChI is InChI=1S/C15H16F3N3O2/c1-9(22)21-13(14(23)20-8-15(16,17)18)6-10-7-19-12-5-3-2-4-11(10)12/h2-5,7,13,19H,6,8H2,1H3,(H,20,23)(H,21,22). The predicted octanol–water partition coefficient (Wildman–Crippen LogP) is 1.89. The summed E-state index contributed by atoms with van der Waals surface area (Å²) in [5.41, 5.74) is 1.58. The van der Waals surface area contributed by atoms with Crippen molar-refractivity contribution in [2.24, 2.45) is 0 Å². The SMILES string of the molecule is CC(=O)NC(Cc1c[nH]c2ccccc12)C(=O)NCC(F)(F)F. The number of aromatic nitrogens is 1. The van der Waals surface area contributed by atoms with E-state index in [1.165, 1.54) is 6.92 Å². The third-order valence-corrected chi connectivity index (χ3v) is 3.26. The predicted molar refractivity (Wildman–Crippen MR) is 78.7 cm³/mol.